The van der Waals surface area contributed by atoms with E-state index in [2.05, 4.69) is 61.2 Å². The summed E-state index contributed by atoms with van der Waals surface area (Å²) in [5, 5.41) is 0. The highest BCUT2D eigenvalue weighted by Crippen LogP contribution is 2.28. The third-order valence-electron chi connectivity index (χ3n) is 5.34. The van der Waals surface area contributed by atoms with E-state index < -0.39 is 0 Å². The molecule has 1 aliphatic heterocycles. The first-order valence-electron chi connectivity index (χ1n) is 9.42. The minimum absolute atomic E-state index is 0.300. The molecule has 1 saturated heterocycles. The van der Waals surface area contributed by atoms with E-state index in [0.29, 0.717) is 11.8 Å². The standard InChI is InChI=1S/C23H29NO/c1-23(2,18-21-11-7-4-8-12-21)22(25)24-15-13-20(14-16-24)17-19-9-5-3-6-10-19/h3-12,20H,13-18H2,1-2H3. The number of piperidine rings is 1. The fourth-order valence-corrected chi connectivity index (χ4v) is 3.90. The highest BCUT2D eigenvalue weighted by molar-refractivity contribution is 5.82. The van der Waals surface area contributed by atoms with E-state index in [1.807, 2.05) is 18.2 Å². The minimum Gasteiger partial charge on any atom is -0.342 e. The van der Waals surface area contributed by atoms with Gasteiger partial charge in [-0.25, -0.2) is 0 Å². The van der Waals surface area contributed by atoms with Gasteiger partial charge < -0.3 is 4.90 Å². The molecule has 1 heterocycles. The number of rotatable bonds is 5. The fourth-order valence-electron chi connectivity index (χ4n) is 3.90. The first-order valence-corrected chi connectivity index (χ1v) is 9.42. The lowest BCUT2D eigenvalue weighted by atomic mass is 9.83. The summed E-state index contributed by atoms with van der Waals surface area (Å²) in [4.78, 5) is 15.1. The second-order valence-corrected chi connectivity index (χ2v) is 7.97. The molecule has 2 aromatic carbocycles. The number of benzene rings is 2. The lowest BCUT2D eigenvalue weighted by Gasteiger charge is -2.37. The van der Waals surface area contributed by atoms with Crippen molar-refractivity contribution in [1.82, 2.24) is 4.90 Å². The van der Waals surface area contributed by atoms with Gasteiger partial charge >= 0.3 is 0 Å². The molecule has 2 nitrogen and oxygen atoms in total. The number of carbonyl (C=O) groups excluding carboxylic acids is 1. The van der Waals surface area contributed by atoms with Crippen LogP contribution in [0.3, 0.4) is 0 Å². The molecule has 0 saturated carbocycles. The van der Waals surface area contributed by atoms with Gasteiger partial charge in [0.2, 0.25) is 5.91 Å². The summed E-state index contributed by atoms with van der Waals surface area (Å²) >= 11 is 0. The fraction of sp³-hybridized carbons (Fsp3) is 0.435. The number of likely N-dealkylation sites (tertiary alicyclic amines) is 1. The molecule has 25 heavy (non-hydrogen) atoms. The van der Waals surface area contributed by atoms with Crippen LogP contribution in [0.1, 0.15) is 37.8 Å². The normalized spacial score (nSPS) is 16.0. The van der Waals surface area contributed by atoms with E-state index in [4.69, 9.17) is 0 Å². The summed E-state index contributed by atoms with van der Waals surface area (Å²) in [5.41, 5.74) is 2.31. The minimum atomic E-state index is -0.340. The van der Waals surface area contributed by atoms with Crippen molar-refractivity contribution < 1.29 is 4.79 Å². The van der Waals surface area contributed by atoms with Gasteiger partial charge in [-0.3, -0.25) is 4.79 Å². The van der Waals surface area contributed by atoms with Crippen molar-refractivity contribution in [2.24, 2.45) is 11.3 Å². The van der Waals surface area contributed by atoms with Gasteiger partial charge in [0, 0.05) is 18.5 Å². The molecule has 1 aliphatic rings. The van der Waals surface area contributed by atoms with Gasteiger partial charge in [-0.15, -0.1) is 0 Å². The Morgan fingerprint density at radius 1 is 0.920 bits per heavy atom. The monoisotopic (exact) mass is 335 g/mol. The van der Waals surface area contributed by atoms with Gasteiger partial charge in [0.25, 0.3) is 0 Å². The summed E-state index contributed by atoms with van der Waals surface area (Å²) in [6, 6.07) is 21.1. The molecule has 0 unspecified atom stereocenters. The van der Waals surface area contributed by atoms with Gasteiger partial charge in [-0.05, 0) is 42.7 Å². The van der Waals surface area contributed by atoms with Gasteiger partial charge in [0.05, 0.1) is 0 Å². The van der Waals surface area contributed by atoms with Gasteiger partial charge in [-0.1, -0.05) is 74.5 Å². The van der Waals surface area contributed by atoms with Crippen LogP contribution >= 0.6 is 0 Å². The Hall–Kier alpha value is -2.09. The van der Waals surface area contributed by atoms with E-state index >= 15 is 0 Å². The predicted octanol–water partition coefficient (Wildman–Crippen LogP) is 4.74. The van der Waals surface area contributed by atoms with Crippen molar-refractivity contribution in [3.05, 3.63) is 71.8 Å². The molecule has 1 amide bonds. The lowest BCUT2D eigenvalue weighted by Crippen LogP contribution is -2.46. The third-order valence-corrected chi connectivity index (χ3v) is 5.34. The Balaban J connectivity index is 1.54. The summed E-state index contributed by atoms with van der Waals surface area (Å²) in [5.74, 6) is 0.998. The van der Waals surface area contributed by atoms with E-state index in [1.54, 1.807) is 0 Å². The van der Waals surface area contributed by atoms with Crippen LogP contribution in [0.25, 0.3) is 0 Å². The quantitative estimate of drug-likeness (QED) is 0.773. The Morgan fingerprint density at radius 2 is 1.44 bits per heavy atom. The molecule has 0 aliphatic carbocycles. The Morgan fingerprint density at radius 3 is 2.00 bits per heavy atom. The zero-order chi connectivity index (χ0) is 17.7. The molecule has 2 aromatic rings. The average molecular weight is 335 g/mol. The highest BCUT2D eigenvalue weighted by Gasteiger charge is 2.34. The first kappa shape index (κ1) is 17.7. The lowest BCUT2D eigenvalue weighted by molar-refractivity contribution is -0.141. The van der Waals surface area contributed by atoms with Gasteiger partial charge in [-0.2, -0.15) is 0 Å². The second-order valence-electron chi connectivity index (χ2n) is 7.97. The smallest absolute Gasteiger partial charge is 0.228 e. The number of nitrogens with zero attached hydrogens (tertiary/aromatic N) is 1. The van der Waals surface area contributed by atoms with Crippen LogP contribution < -0.4 is 0 Å². The Labute approximate surface area is 151 Å². The molecular formula is C23H29NO. The maximum atomic E-state index is 13.0. The molecule has 0 radical (unpaired) electrons. The topological polar surface area (TPSA) is 20.3 Å². The van der Waals surface area contributed by atoms with Crippen molar-refractivity contribution >= 4 is 5.91 Å². The third kappa shape index (κ3) is 4.72. The number of hydrogen-bond donors (Lipinski definition) is 0. The Bertz CT molecular complexity index is 670. The van der Waals surface area contributed by atoms with Crippen molar-refractivity contribution in [2.45, 2.75) is 39.5 Å². The summed E-state index contributed by atoms with van der Waals surface area (Å²) in [6.07, 6.45) is 4.16. The van der Waals surface area contributed by atoms with Crippen molar-refractivity contribution in [3.63, 3.8) is 0 Å². The summed E-state index contributed by atoms with van der Waals surface area (Å²) in [6.45, 7) is 5.96. The van der Waals surface area contributed by atoms with E-state index in [9.17, 15) is 4.79 Å². The molecule has 2 heteroatoms. The number of hydrogen-bond acceptors (Lipinski definition) is 1. The van der Waals surface area contributed by atoms with Crippen LogP contribution in [0.5, 0.6) is 0 Å². The van der Waals surface area contributed by atoms with E-state index in [-0.39, 0.29) is 5.41 Å². The van der Waals surface area contributed by atoms with Crippen molar-refractivity contribution in [1.29, 1.82) is 0 Å². The van der Waals surface area contributed by atoms with Crippen LogP contribution in [0.15, 0.2) is 60.7 Å². The van der Waals surface area contributed by atoms with E-state index in [1.165, 1.54) is 11.1 Å². The van der Waals surface area contributed by atoms with Gasteiger partial charge in [0.1, 0.15) is 0 Å². The maximum absolute atomic E-state index is 13.0. The van der Waals surface area contributed by atoms with Crippen molar-refractivity contribution in [2.75, 3.05) is 13.1 Å². The molecule has 0 atom stereocenters. The second kappa shape index (κ2) is 7.86. The van der Waals surface area contributed by atoms with Crippen LogP contribution in [-0.4, -0.2) is 23.9 Å². The molecule has 3 rings (SSSR count). The van der Waals surface area contributed by atoms with Gasteiger partial charge in [0.15, 0.2) is 0 Å². The van der Waals surface area contributed by atoms with Crippen LogP contribution in [0.2, 0.25) is 0 Å². The van der Waals surface area contributed by atoms with Crippen LogP contribution in [-0.2, 0) is 17.6 Å². The molecule has 132 valence electrons. The molecule has 1 fully saturated rings. The average Bonchev–Trinajstić information content (AvgIpc) is 2.63. The van der Waals surface area contributed by atoms with Crippen LogP contribution in [0, 0.1) is 11.3 Å². The van der Waals surface area contributed by atoms with Crippen LogP contribution in [0.4, 0.5) is 0 Å². The SMILES string of the molecule is CC(C)(Cc1ccccc1)C(=O)N1CCC(Cc2ccccc2)CC1. The predicted molar refractivity (Wildman–Crippen MR) is 103 cm³/mol. The highest BCUT2D eigenvalue weighted by atomic mass is 16.2. The van der Waals surface area contributed by atoms with E-state index in [0.717, 1.165) is 38.8 Å². The largest absolute Gasteiger partial charge is 0.342 e. The Kier molecular flexibility index (Phi) is 5.57. The molecular weight excluding hydrogens is 306 g/mol. The van der Waals surface area contributed by atoms with Crippen molar-refractivity contribution in [3.8, 4) is 0 Å². The molecule has 0 N–H and O–H groups in total. The maximum Gasteiger partial charge on any atom is 0.228 e. The molecule has 0 aromatic heterocycles. The molecule has 0 spiro atoms. The summed E-state index contributed by atoms with van der Waals surface area (Å²) in [7, 11) is 0. The first-order chi connectivity index (χ1) is 12.0. The number of amides is 1. The zero-order valence-electron chi connectivity index (χ0n) is 15.4. The number of carbonyl (C=O) groups is 1. The summed E-state index contributed by atoms with van der Waals surface area (Å²) < 4.78 is 0. The molecule has 0 bridgehead atoms. The zero-order valence-corrected chi connectivity index (χ0v) is 15.4.